The molecule has 0 unspecified atom stereocenters. The highest BCUT2D eigenvalue weighted by molar-refractivity contribution is 7.98. The van der Waals surface area contributed by atoms with E-state index < -0.39 is 0 Å². The lowest BCUT2D eigenvalue weighted by molar-refractivity contribution is 1.09. The summed E-state index contributed by atoms with van der Waals surface area (Å²) in [5, 5.41) is 1.26. The zero-order valence-electron chi connectivity index (χ0n) is 10.4. The van der Waals surface area contributed by atoms with Gasteiger partial charge in [-0.05, 0) is 30.9 Å². The highest BCUT2D eigenvalue weighted by Gasteiger charge is 2.01. The minimum atomic E-state index is 1.12. The van der Waals surface area contributed by atoms with Crippen LogP contribution in [-0.4, -0.2) is 11.2 Å². The Bertz CT molecular complexity index is 451. The molecule has 0 atom stereocenters. The van der Waals surface area contributed by atoms with E-state index in [4.69, 9.17) is 0 Å². The summed E-state index contributed by atoms with van der Waals surface area (Å²) < 4.78 is 0. The Hall–Kier alpha value is -1.02. The summed E-state index contributed by atoms with van der Waals surface area (Å²) in [4.78, 5) is 5.64. The quantitative estimate of drug-likeness (QED) is 0.663. The maximum atomic E-state index is 4.39. The van der Waals surface area contributed by atoms with E-state index in [1.165, 1.54) is 22.3 Å². The molecule has 0 aliphatic carbocycles. The lowest BCUT2D eigenvalue weighted by Gasteiger charge is -2.04. The molecule has 0 aliphatic heterocycles. The second-order valence-electron chi connectivity index (χ2n) is 3.69. The Morgan fingerprint density at radius 2 is 1.88 bits per heavy atom. The van der Waals surface area contributed by atoms with Gasteiger partial charge in [-0.2, -0.15) is 0 Å². The molecule has 0 spiro atoms. The van der Waals surface area contributed by atoms with Crippen LogP contribution in [0.15, 0.2) is 35.4 Å². The molecule has 2 heteroatoms. The van der Waals surface area contributed by atoms with Crippen molar-refractivity contribution >= 4 is 22.7 Å². The molecule has 0 aliphatic rings. The van der Waals surface area contributed by atoms with Crippen molar-refractivity contribution in [3.8, 4) is 0 Å². The molecule has 1 heterocycles. The zero-order valence-corrected chi connectivity index (χ0v) is 11.3. The molecule has 0 N–H and O–H groups in total. The van der Waals surface area contributed by atoms with E-state index in [0.29, 0.717) is 0 Å². The summed E-state index contributed by atoms with van der Waals surface area (Å²) in [6.45, 7) is 6.37. The first-order valence-electron chi connectivity index (χ1n) is 5.62. The normalized spacial score (nSPS) is 9.75. The maximum Gasteiger partial charge on any atom is 0.0840 e. The molecule has 1 aromatic heterocycles. The number of fused-ring (bicyclic) bond motifs is 1. The van der Waals surface area contributed by atoms with Gasteiger partial charge in [0, 0.05) is 16.5 Å². The molecule has 86 valence electrons. The molecule has 0 amide bonds. The Morgan fingerprint density at radius 3 is 2.50 bits per heavy atom. The van der Waals surface area contributed by atoms with E-state index >= 15 is 0 Å². The molecule has 1 aromatic carbocycles. The van der Waals surface area contributed by atoms with Crippen molar-refractivity contribution in [3.05, 3.63) is 36.0 Å². The molecule has 16 heavy (non-hydrogen) atoms. The van der Waals surface area contributed by atoms with Gasteiger partial charge in [-0.1, -0.05) is 32.4 Å². The predicted octanol–water partition coefficient (Wildman–Crippen LogP) is 4.68. The number of aryl methyl sites for hydroxylation is 1. The van der Waals surface area contributed by atoms with Gasteiger partial charge in [0.1, 0.15) is 0 Å². The van der Waals surface area contributed by atoms with Gasteiger partial charge in [-0.3, -0.25) is 4.98 Å². The fourth-order valence-electron chi connectivity index (χ4n) is 1.45. The van der Waals surface area contributed by atoms with E-state index in [1.807, 2.05) is 12.3 Å². The summed E-state index contributed by atoms with van der Waals surface area (Å²) in [7, 11) is 0. The Labute approximate surface area is 102 Å². The first-order valence-corrected chi connectivity index (χ1v) is 6.85. The third-order valence-corrected chi connectivity index (χ3v) is 2.94. The van der Waals surface area contributed by atoms with Crippen LogP contribution < -0.4 is 0 Å². The third-order valence-electron chi connectivity index (χ3n) is 2.17. The van der Waals surface area contributed by atoms with Gasteiger partial charge in [-0.25, -0.2) is 0 Å². The zero-order chi connectivity index (χ0) is 12.0. The van der Waals surface area contributed by atoms with Crippen molar-refractivity contribution < 1.29 is 0 Å². The van der Waals surface area contributed by atoms with Crippen molar-refractivity contribution in [2.24, 2.45) is 0 Å². The molecule has 1 nitrogen and oxygen atoms in total. The van der Waals surface area contributed by atoms with Crippen LogP contribution in [0.4, 0.5) is 0 Å². The van der Waals surface area contributed by atoms with Crippen LogP contribution in [-0.2, 0) is 0 Å². The monoisotopic (exact) mass is 233 g/mol. The minimum Gasteiger partial charge on any atom is -0.255 e. The van der Waals surface area contributed by atoms with E-state index in [1.54, 1.807) is 11.8 Å². The van der Waals surface area contributed by atoms with Gasteiger partial charge in [0.25, 0.3) is 0 Å². The van der Waals surface area contributed by atoms with Crippen LogP contribution in [0, 0.1) is 6.92 Å². The first-order chi connectivity index (χ1) is 7.74. The molecule has 2 aromatic rings. The van der Waals surface area contributed by atoms with Crippen molar-refractivity contribution in [2.75, 3.05) is 6.26 Å². The van der Waals surface area contributed by atoms with Crippen LogP contribution in [0.1, 0.15) is 25.8 Å². The number of pyridine rings is 1. The molecule has 2 rings (SSSR count). The third kappa shape index (κ3) is 2.99. The maximum absolute atomic E-state index is 4.39. The van der Waals surface area contributed by atoms with Crippen molar-refractivity contribution in [1.82, 2.24) is 4.98 Å². The average Bonchev–Trinajstić information content (AvgIpc) is 2.30. The Morgan fingerprint density at radius 1 is 1.19 bits per heavy atom. The second-order valence-corrected chi connectivity index (χ2v) is 4.54. The summed E-state index contributed by atoms with van der Waals surface area (Å²) in [6.07, 6.45) is 5.20. The van der Waals surface area contributed by atoms with Crippen LogP contribution in [0.25, 0.3) is 10.9 Å². The van der Waals surface area contributed by atoms with E-state index in [-0.39, 0.29) is 0 Å². The van der Waals surface area contributed by atoms with E-state index in [0.717, 1.165) is 5.52 Å². The molecule has 0 radical (unpaired) electrons. The molecule has 0 saturated carbocycles. The van der Waals surface area contributed by atoms with Gasteiger partial charge in [-0.15, -0.1) is 11.8 Å². The van der Waals surface area contributed by atoms with E-state index in [9.17, 15) is 0 Å². The fraction of sp³-hybridized carbons (Fsp3) is 0.357. The van der Waals surface area contributed by atoms with Gasteiger partial charge in [0.15, 0.2) is 0 Å². The molecule has 0 bridgehead atoms. The molecular formula is C14H19NS. The lowest BCUT2D eigenvalue weighted by Crippen LogP contribution is -1.84. The van der Waals surface area contributed by atoms with Crippen LogP contribution >= 0.6 is 11.8 Å². The average molecular weight is 233 g/mol. The number of nitrogens with zero attached hydrogens (tertiary/aromatic N) is 1. The van der Waals surface area contributed by atoms with E-state index in [2.05, 4.69) is 50.2 Å². The Balaban J connectivity index is 0.000000386. The van der Waals surface area contributed by atoms with Gasteiger partial charge < -0.3 is 0 Å². The number of thioether (sulfide) groups is 1. The summed E-state index contributed by atoms with van der Waals surface area (Å²) >= 11 is 1.74. The van der Waals surface area contributed by atoms with Crippen LogP contribution in [0.2, 0.25) is 0 Å². The van der Waals surface area contributed by atoms with Crippen molar-refractivity contribution in [2.45, 2.75) is 32.1 Å². The number of rotatable bonds is 1. The topological polar surface area (TPSA) is 12.9 Å². The SMILES string of the molecule is CCC.CSc1cccc2c(C)ccnc12. The minimum absolute atomic E-state index is 1.12. The van der Waals surface area contributed by atoms with Gasteiger partial charge >= 0.3 is 0 Å². The predicted molar refractivity (Wildman–Crippen MR) is 74.2 cm³/mol. The van der Waals surface area contributed by atoms with Crippen molar-refractivity contribution in [3.63, 3.8) is 0 Å². The number of hydrogen-bond donors (Lipinski definition) is 0. The number of hydrogen-bond acceptors (Lipinski definition) is 2. The lowest BCUT2D eigenvalue weighted by atomic mass is 10.1. The van der Waals surface area contributed by atoms with Gasteiger partial charge in [0.05, 0.1) is 5.52 Å². The Kier molecular flexibility index (Phi) is 5.33. The smallest absolute Gasteiger partial charge is 0.0840 e. The number of para-hydroxylation sites is 1. The van der Waals surface area contributed by atoms with Crippen LogP contribution in [0.5, 0.6) is 0 Å². The highest BCUT2D eigenvalue weighted by atomic mass is 32.2. The summed E-state index contributed by atoms with van der Waals surface area (Å²) in [5.41, 5.74) is 2.41. The van der Waals surface area contributed by atoms with Gasteiger partial charge in [0.2, 0.25) is 0 Å². The van der Waals surface area contributed by atoms with Crippen molar-refractivity contribution in [1.29, 1.82) is 0 Å². The highest BCUT2D eigenvalue weighted by Crippen LogP contribution is 2.25. The molecule has 0 saturated heterocycles. The molecular weight excluding hydrogens is 214 g/mol. The summed E-state index contributed by atoms with van der Waals surface area (Å²) in [6, 6.07) is 8.37. The summed E-state index contributed by atoms with van der Waals surface area (Å²) in [5.74, 6) is 0. The number of benzene rings is 1. The molecule has 0 fully saturated rings. The number of aromatic nitrogens is 1. The largest absolute Gasteiger partial charge is 0.255 e. The first kappa shape index (κ1) is 13.0. The standard InChI is InChI=1S/C11H11NS.C3H8/c1-8-6-7-12-11-9(8)4-3-5-10(11)13-2;1-3-2/h3-7H,1-2H3;3H2,1-2H3. The van der Waals surface area contributed by atoms with Crippen LogP contribution in [0.3, 0.4) is 0 Å². The second kappa shape index (κ2) is 6.54. The fourth-order valence-corrected chi connectivity index (χ4v) is 2.02.